The van der Waals surface area contributed by atoms with Crippen LogP contribution in [0.5, 0.6) is 0 Å². The first-order chi connectivity index (χ1) is 7.25. The third-order valence-electron chi connectivity index (χ3n) is 2.40. The molecule has 0 radical (unpaired) electrons. The van der Waals surface area contributed by atoms with E-state index < -0.39 is 5.82 Å². The number of para-hydroxylation sites is 1. The Morgan fingerprint density at radius 3 is 2.73 bits per heavy atom. The fourth-order valence-electron chi connectivity index (χ4n) is 1.75. The Labute approximate surface area is 90.1 Å². The molecule has 0 unspecified atom stereocenters. The topological polar surface area (TPSA) is 13.1 Å². The lowest BCUT2D eigenvalue weighted by atomic mass is 10.1. The Balaban J connectivity index is 2.61. The minimum atomic E-state index is -0.422. The fourth-order valence-corrected chi connectivity index (χ4v) is 1.96. The van der Waals surface area contributed by atoms with Crippen LogP contribution in [0.1, 0.15) is 0 Å². The average Bonchev–Trinajstić information content (AvgIpc) is 2.57. The van der Waals surface area contributed by atoms with Crippen LogP contribution in [0, 0.1) is 5.82 Å². The van der Waals surface area contributed by atoms with Crippen LogP contribution in [0.3, 0.4) is 0 Å². The van der Waals surface area contributed by atoms with E-state index in [0.717, 1.165) is 10.8 Å². The lowest BCUT2D eigenvalue weighted by Crippen LogP contribution is -1.74. The number of furan rings is 1. The van der Waals surface area contributed by atoms with Crippen molar-refractivity contribution in [1.82, 2.24) is 0 Å². The van der Waals surface area contributed by atoms with Crippen molar-refractivity contribution in [2.75, 3.05) is 0 Å². The van der Waals surface area contributed by atoms with Crippen molar-refractivity contribution in [1.29, 1.82) is 0 Å². The second kappa shape index (κ2) is 2.97. The van der Waals surface area contributed by atoms with Crippen molar-refractivity contribution in [2.24, 2.45) is 0 Å². The maximum atomic E-state index is 13.5. The summed E-state index contributed by atoms with van der Waals surface area (Å²) in [5.74, 6) is -0.422. The molecule has 3 rings (SSSR count). The molecular weight excluding hydrogens is 215 g/mol. The summed E-state index contributed by atoms with van der Waals surface area (Å²) in [5.41, 5.74) is 0.939. The van der Waals surface area contributed by atoms with Crippen LogP contribution in [-0.2, 0) is 0 Å². The second-order valence-corrected chi connectivity index (χ2v) is 3.80. The summed E-state index contributed by atoms with van der Waals surface area (Å²) in [4.78, 5) is 0. The summed E-state index contributed by atoms with van der Waals surface area (Å²) in [6.07, 6.45) is 0. The van der Waals surface area contributed by atoms with Gasteiger partial charge in [0.2, 0.25) is 0 Å². The van der Waals surface area contributed by atoms with Crippen LogP contribution in [0.4, 0.5) is 4.39 Å². The Morgan fingerprint density at radius 1 is 1.07 bits per heavy atom. The van der Waals surface area contributed by atoms with Crippen molar-refractivity contribution in [2.45, 2.75) is 0 Å². The summed E-state index contributed by atoms with van der Waals surface area (Å²) in [7, 11) is 0. The molecule has 3 heteroatoms. The van der Waals surface area contributed by atoms with E-state index >= 15 is 0 Å². The normalized spacial score (nSPS) is 11.3. The van der Waals surface area contributed by atoms with Crippen LogP contribution in [0.2, 0.25) is 5.02 Å². The van der Waals surface area contributed by atoms with Crippen molar-refractivity contribution < 1.29 is 8.81 Å². The number of hydrogen-bond acceptors (Lipinski definition) is 1. The zero-order chi connectivity index (χ0) is 10.4. The van der Waals surface area contributed by atoms with Gasteiger partial charge < -0.3 is 4.42 Å². The van der Waals surface area contributed by atoms with E-state index in [-0.39, 0.29) is 5.58 Å². The molecule has 0 aliphatic heterocycles. The number of fused-ring (bicyclic) bond motifs is 3. The first-order valence-corrected chi connectivity index (χ1v) is 4.90. The highest BCUT2D eigenvalue weighted by Crippen LogP contribution is 2.32. The Kier molecular flexibility index (Phi) is 1.73. The molecule has 15 heavy (non-hydrogen) atoms. The van der Waals surface area contributed by atoms with Crippen LogP contribution in [0.15, 0.2) is 40.8 Å². The lowest BCUT2D eigenvalue weighted by Gasteiger charge is -1.92. The quantitative estimate of drug-likeness (QED) is 0.548. The summed E-state index contributed by atoms with van der Waals surface area (Å²) in [5, 5.41) is 1.98. The van der Waals surface area contributed by atoms with Gasteiger partial charge in [-0.1, -0.05) is 29.8 Å². The van der Waals surface area contributed by atoms with Crippen molar-refractivity contribution in [3.63, 3.8) is 0 Å². The van der Waals surface area contributed by atoms with Gasteiger partial charge in [-0.2, -0.15) is 0 Å². The first-order valence-electron chi connectivity index (χ1n) is 4.52. The largest absolute Gasteiger partial charge is 0.453 e. The Bertz CT molecular complexity index is 657. The molecule has 1 aromatic heterocycles. The molecule has 0 aliphatic carbocycles. The van der Waals surface area contributed by atoms with Gasteiger partial charge in [0.1, 0.15) is 5.58 Å². The molecule has 0 aliphatic rings. The van der Waals surface area contributed by atoms with E-state index in [4.69, 9.17) is 16.0 Å². The molecule has 74 valence electrons. The highest BCUT2D eigenvalue weighted by atomic mass is 35.5. The number of rotatable bonds is 0. The molecule has 0 fully saturated rings. The molecule has 3 aromatic rings. The van der Waals surface area contributed by atoms with Crippen LogP contribution in [0.25, 0.3) is 21.9 Å². The maximum Gasteiger partial charge on any atom is 0.171 e. The first kappa shape index (κ1) is 8.74. The zero-order valence-corrected chi connectivity index (χ0v) is 8.38. The lowest BCUT2D eigenvalue weighted by molar-refractivity contribution is 0.584. The zero-order valence-electron chi connectivity index (χ0n) is 7.63. The van der Waals surface area contributed by atoms with E-state index in [0.29, 0.717) is 10.6 Å². The predicted octanol–water partition coefficient (Wildman–Crippen LogP) is 4.38. The van der Waals surface area contributed by atoms with Crippen molar-refractivity contribution in [3.05, 3.63) is 47.2 Å². The van der Waals surface area contributed by atoms with Gasteiger partial charge in [-0.25, -0.2) is 4.39 Å². The third-order valence-corrected chi connectivity index (χ3v) is 2.62. The van der Waals surface area contributed by atoms with Gasteiger partial charge in [0.15, 0.2) is 11.4 Å². The summed E-state index contributed by atoms with van der Waals surface area (Å²) in [6, 6.07) is 10.4. The predicted molar refractivity (Wildman–Crippen MR) is 58.7 cm³/mol. The highest BCUT2D eigenvalue weighted by Gasteiger charge is 2.11. The molecule has 0 saturated carbocycles. The van der Waals surface area contributed by atoms with Gasteiger partial charge in [-0.3, -0.25) is 0 Å². The van der Waals surface area contributed by atoms with Gasteiger partial charge in [0, 0.05) is 15.8 Å². The standard InChI is InChI=1S/C12H6ClFO/c13-7-5-9-8-3-1-2-4-11(8)15-12(9)10(14)6-7/h1-6H. The maximum absolute atomic E-state index is 13.5. The van der Waals surface area contributed by atoms with Crippen molar-refractivity contribution >= 4 is 33.5 Å². The van der Waals surface area contributed by atoms with Gasteiger partial charge in [0.05, 0.1) is 0 Å². The third kappa shape index (κ3) is 1.22. The smallest absolute Gasteiger partial charge is 0.171 e. The molecule has 0 atom stereocenters. The van der Waals surface area contributed by atoms with Crippen molar-refractivity contribution in [3.8, 4) is 0 Å². The number of halogens is 2. The summed E-state index contributed by atoms with van der Waals surface area (Å²) >= 11 is 5.80. The Hall–Kier alpha value is -1.54. The number of benzene rings is 2. The second-order valence-electron chi connectivity index (χ2n) is 3.36. The molecule has 0 N–H and O–H groups in total. The Morgan fingerprint density at radius 2 is 1.87 bits per heavy atom. The van der Waals surface area contributed by atoms with E-state index in [1.54, 1.807) is 6.07 Å². The fraction of sp³-hybridized carbons (Fsp3) is 0. The van der Waals surface area contributed by atoms with E-state index in [2.05, 4.69) is 0 Å². The van der Waals surface area contributed by atoms with Gasteiger partial charge in [-0.15, -0.1) is 0 Å². The van der Waals surface area contributed by atoms with E-state index in [1.807, 2.05) is 24.3 Å². The molecular formula is C12H6ClFO. The molecule has 1 heterocycles. The molecule has 0 saturated heterocycles. The van der Waals surface area contributed by atoms with Gasteiger partial charge >= 0.3 is 0 Å². The summed E-state index contributed by atoms with van der Waals surface area (Å²) in [6.45, 7) is 0. The van der Waals surface area contributed by atoms with Crippen LogP contribution < -0.4 is 0 Å². The minimum Gasteiger partial charge on any atom is -0.453 e. The summed E-state index contributed by atoms with van der Waals surface area (Å²) < 4.78 is 18.9. The highest BCUT2D eigenvalue weighted by molar-refractivity contribution is 6.31. The SMILES string of the molecule is Fc1cc(Cl)cc2c1oc1ccccc12. The van der Waals surface area contributed by atoms with Gasteiger partial charge in [-0.05, 0) is 18.2 Å². The minimum absolute atomic E-state index is 0.264. The van der Waals surface area contributed by atoms with E-state index in [9.17, 15) is 4.39 Å². The number of hydrogen-bond donors (Lipinski definition) is 0. The van der Waals surface area contributed by atoms with Gasteiger partial charge in [0.25, 0.3) is 0 Å². The molecule has 0 spiro atoms. The molecule has 1 nitrogen and oxygen atoms in total. The van der Waals surface area contributed by atoms with Crippen LogP contribution in [-0.4, -0.2) is 0 Å². The average molecular weight is 221 g/mol. The molecule has 2 aromatic carbocycles. The van der Waals surface area contributed by atoms with Crippen LogP contribution >= 0.6 is 11.6 Å². The monoisotopic (exact) mass is 220 g/mol. The molecule has 0 amide bonds. The van der Waals surface area contributed by atoms with E-state index in [1.165, 1.54) is 6.07 Å². The molecule has 0 bridgehead atoms.